The van der Waals surface area contributed by atoms with Crippen LogP contribution in [0.4, 0.5) is 5.69 Å². The second kappa shape index (κ2) is 6.93. The summed E-state index contributed by atoms with van der Waals surface area (Å²) in [6.45, 7) is 2.95. The van der Waals surface area contributed by atoms with Crippen molar-refractivity contribution < 1.29 is 22.2 Å². The second-order valence-corrected chi connectivity index (χ2v) is 6.62. The van der Waals surface area contributed by atoms with Gasteiger partial charge in [-0.25, -0.2) is 4.79 Å². The molecule has 0 aliphatic rings. The summed E-state index contributed by atoms with van der Waals surface area (Å²) in [6.07, 6.45) is 0.728. The van der Waals surface area contributed by atoms with Gasteiger partial charge in [0.1, 0.15) is 11.1 Å². The van der Waals surface area contributed by atoms with Gasteiger partial charge in [-0.3, -0.25) is 9.35 Å². The van der Waals surface area contributed by atoms with Crippen LogP contribution >= 0.6 is 0 Å². The number of aldehydes is 1. The summed E-state index contributed by atoms with van der Waals surface area (Å²) < 4.78 is 35.4. The van der Waals surface area contributed by atoms with Crippen LogP contribution in [0.2, 0.25) is 0 Å². The van der Waals surface area contributed by atoms with E-state index in [0.717, 1.165) is 5.69 Å². The van der Waals surface area contributed by atoms with Crippen molar-refractivity contribution in [3.8, 4) is 0 Å². The summed E-state index contributed by atoms with van der Waals surface area (Å²) in [5.74, 6) is -0.311. The maximum Gasteiger partial charge on any atom is 0.346 e. The van der Waals surface area contributed by atoms with Gasteiger partial charge >= 0.3 is 5.63 Å². The summed E-state index contributed by atoms with van der Waals surface area (Å²) in [6, 6.07) is 6.66. The molecule has 124 valence electrons. The van der Waals surface area contributed by atoms with Crippen molar-refractivity contribution in [2.24, 2.45) is 0 Å². The zero-order valence-electron chi connectivity index (χ0n) is 12.6. The highest BCUT2D eigenvalue weighted by atomic mass is 32.2. The lowest BCUT2D eigenvalue weighted by atomic mass is 10.1. The van der Waals surface area contributed by atoms with Crippen molar-refractivity contribution in [1.29, 1.82) is 0 Å². The van der Waals surface area contributed by atoms with Gasteiger partial charge in [0.15, 0.2) is 6.29 Å². The number of carbonyl (C=O) groups excluding carboxylic acids is 1. The molecule has 2 rings (SSSR count). The zero-order valence-corrected chi connectivity index (χ0v) is 13.4. The van der Waals surface area contributed by atoms with E-state index in [4.69, 9.17) is 8.97 Å². The number of nitrogens with zero attached hydrogens (tertiary/aromatic N) is 1. The first-order chi connectivity index (χ1) is 10.8. The highest BCUT2D eigenvalue weighted by Gasteiger charge is 2.11. The molecule has 0 spiro atoms. The van der Waals surface area contributed by atoms with Crippen LogP contribution in [0.15, 0.2) is 33.5 Å². The molecule has 0 atom stereocenters. The van der Waals surface area contributed by atoms with Crippen molar-refractivity contribution >= 4 is 33.1 Å². The van der Waals surface area contributed by atoms with E-state index >= 15 is 0 Å². The molecule has 1 aromatic carbocycles. The van der Waals surface area contributed by atoms with E-state index in [1.807, 2.05) is 11.8 Å². The number of hydrogen-bond donors (Lipinski definition) is 1. The number of benzene rings is 1. The van der Waals surface area contributed by atoms with Gasteiger partial charge in [0.05, 0.1) is 5.75 Å². The van der Waals surface area contributed by atoms with Crippen LogP contribution in [0, 0.1) is 0 Å². The van der Waals surface area contributed by atoms with Crippen molar-refractivity contribution in [3.05, 3.63) is 40.2 Å². The maximum absolute atomic E-state index is 11.6. The minimum atomic E-state index is -3.98. The fourth-order valence-corrected chi connectivity index (χ4v) is 2.80. The average Bonchev–Trinajstić information content (AvgIpc) is 2.49. The smallest absolute Gasteiger partial charge is 0.346 e. The van der Waals surface area contributed by atoms with Crippen LogP contribution in [-0.4, -0.2) is 38.1 Å². The van der Waals surface area contributed by atoms with Gasteiger partial charge in [0.25, 0.3) is 10.1 Å². The number of rotatable bonds is 7. The van der Waals surface area contributed by atoms with Gasteiger partial charge in [-0.15, -0.1) is 0 Å². The second-order valence-electron chi connectivity index (χ2n) is 5.05. The molecule has 1 heterocycles. The van der Waals surface area contributed by atoms with Gasteiger partial charge in [-0.2, -0.15) is 8.42 Å². The molecular weight excluding hydrogens is 322 g/mol. The van der Waals surface area contributed by atoms with Crippen LogP contribution in [0.5, 0.6) is 0 Å². The summed E-state index contributed by atoms with van der Waals surface area (Å²) in [4.78, 5) is 24.2. The van der Waals surface area contributed by atoms with Crippen LogP contribution in [0.25, 0.3) is 11.0 Å². The van der Waals surface area contributed by atoms with Crippen LogP contribution in [0.1, 0.15) is 23.7 Å². The predicted octanol–water partition coefficient (Wildman–Crippen LogP) is 1.71. The van der Waals surface area contributed by atoms with E-state index in [1.165, 1.54) is 6.07 Å². The highest BCUT2D eigenvalue weighted by Crippen LogP contribution is 2.22. The number of anilines is 1. The third kappa shape index (κ3) is 4.40. The average molecular weight is 339 g/mol. The van der Waals surface area contributed by atoms with Crippen molar-refractivity contribution in [2.75, 3.05) is 23.7 Å². The Morgan fingerprint density at radius 3 is 2.65 bits per heavy atom. The molecule has 0 aliphatic heterocycles. The minimum absolute atomic E-state index is 0.0363. The van der Waals surface area contributed by atoms with Gasteiger partial charge in [-0.05, 0) is 31.5 Å². The molecule has 1 N–H and O–H groups in total. The van der Waals surface area contributed by atoms with Crippen molar-refractivity contribution in [1.82, 2.24) is 0 Å². The largest absolute Gasteiger partial charge is 0.422 e. The quantitative estimate of drug-likeness (QED) is 0.465. The van der Waals surface area contributed by atoms with E-state index < -0.39 is 15.7 Å². The molecule has 8 heteroatoms. The lowest BCUT2D eigenvalue weighted by Gasteiger charge is -2.23. The molecule has 0 aliphatic carbocycles. The molecule has 0 saturated heterocycles. The summed E-state index contributed by atoms with van der Waals surface area (Å²) in [5, 5.41) is 0.629. The number of fused-ring (bicyclic) bond motifs is 1. The van der Waals surface area contributed by atoms with Gasteiger partial charge in [-0.1, -0.05) is 0 Å². The fraction of sp³-hybridized carbons (Fsp3) is 0.333. The predicted molar refractivity (Wildman–Crippen MR) is 86.8 cm³/mol. The zero-order chi connectivity index (χ0) is 17.0. The molecule has 1 aromatic heterocycles. The maximum atomic E-state index is 11.6. The van der Waals surface area contributed by atoms with E-state index in [9.17, 15) is 18.0 Å². The standard InChI is InChI=1S/C15H17NO6S/c1-2-16(6-3-7-23(19,20)21)13-5-4-11-8-12(10-17)15(18)22-14(11)9-13/h4-5,8-10H,2-3,6-7H2,1H3,(H,19,20,21). The lowest BCUT2D eigenvalue weighted by molar-refractivity contribution is 0.112. The Kier molecular flexibility index (Phi) is 5.17. The summed E-state index contributed by atoms with van der Waals surface area (Å²) in [5.41, 5.74) is 0.383. The topological polar surface area (TPSA) is 105 Å². The number of hydrogen-bond acceptors (Lipinski definition) is 6. The van der Waals surface area contributed by atoms with Crippen LogP contribution in [0.3, 0.4) is 0 Å². The van der Waals surface area contributed by atoms with E-state index in [-0.39, 0.29) is 17.7 Å². The summed E-state index contributed by atoms with van der Waals surface area (Å²) in [7, 11) is -3.98. The molecule has 23 heavy (non-hydrogen) atoms. The van der Waals surface area contributed by atoms with Gasteiger partial charge < -0.3 is 9.32 Å². The van der Waals surface area contributed by atoms with E-state index in [2.05, 4.69) is 0 Å². The van der Waals surface area contributed by atoms with Gasteiger partial charge in [0.2, 0.25) is 0 Å². The molecular formula is C15H17NO6S. The number of carbonyl (C=O) groups is 1. The highest BCUT2D eigenvalue weighted by molar-refractivity contribution is 7.85. The fourth-order valence-electron chi connectivity index (χ4n) is 2.30. The van der Waals surface area contributed by atoms with Crippen LogP contribution < -0.4 is 10.5 Å². The first kappa shape index (κ1) is 17.2. The molecule has 0 saturated carbocycles. The first-order valence-electron chi connectivity index (χ1n) is 7.07. The normalized spacial score (nSPS) is 11.6. The Bertz CT molecular complexity index is 871. The third-order valence-electron chi connectivity index (χ3n) is 3.45. The lowest BCUT2D eigenvalue weighted by Crippen LogP contribution is -2.25. The molecule has 0 fully saturated rings. The van der Waals surface area contributed by atoms with Crippen molar-refractivity contribution in [3.63, 3.8) is 0 Å². The molecule has 0 bridgehead atoms. The molecule has 0 amide bonds. The SMILES string of the molecule is CCN(CCCS(=O)(=O)O)c1ccc2cc(C=O)c(=O)oc2c1. The molecule has 0 unspecified atom stereocenters. The van der Waals surface area contributed by atoms with Crippen molar-refractivity contribution in [2.45, 2.75) is 13.3 Å². The molecule has 7 nitrogen and oxygen atoms in total. The monoisotopic (exact) mass is 339 g/mol. The Morgan fingerprint density at radius 2 is 2.04 bits per heavy atom. The third-order valence-corrected chi connectivity index (χ3v) is 4.26. The molecule has 0 radical (unpaired) electrons. The van der Waals surface area contributed by atoms with Crippen LogP contribution in [-0.2, 0) is 10.1 Å². The first-order valence-corrected chi connectivity index (χ1v) is 8.68. The minimum Gasteiger partial charge on any atom is -0.422 e. The summed E-state index contributed by atoms with van der Waals surface area (Å²) >= 11 is 0. The van der Waals surface area contributed by atoms with E-state index in [1.54, 1.807) is 18.2 Å². The van der Waals surface area contributed by atoms with Gasteiger partial charge in [0, 0.05) is 30.2 Å². The molecule has 2 aromatic rings. The Morgan fingerprint density at radius 1 is 1.30 bits per heavy atom. The Hall–Kier alpha value is -2.19. The Labute approximate surface area is 133 Å². The van der Waals surface area contributed by atoms with E-state index in [0.29, 0.717) is 30.3 Å². The Balaban J connectivity index is 2.27.